The lowest BCUT2D eigenvalue weighted by molar-refractivity contribution is 0.0677. The summed E-state index contributed by atoms with van der Waals surface area (Å²) in [4.78, 5) is 14.3. The van der Waals surface area contributed by atoms with Gasteiger partial charge in [-0.05, 0) is 38.0 Å². The van der Waals surface area contributed by atoms with Gasteiger partial charge in [0.25, 0.3) is 5.91 Å². The lowest BCUT2D eigenvalue weighted by Crippen LogP contribution is -2.40. The van der Waals surface area contributed by atoms with Gasteiger partial charge < -0.3 is 4.90 Å². The number of sulfonamides is 1. The highest BCUT2D eigenvalue weighted by Crippen LogP contribution is 2.21. The number of carbonyl (C=O) groups excluding carboxylic acids is 1. The van der Waals surface area contributed by atoms with E-state index in [4.69, 9.17) is 0 Å². The molecule has 0 aliphatic rings. The van der Waals surface area contributed by atoms with Crippen molar-refractivity contribution in [3.8, 4) is 0 Å². The molecule has 0 heterocycles. The van der Waals surface area contributed by atoms with Gasteiger partial charge in [-0.1, -0.05) is 27.7 Å². The molecule has 1 aromatic rings. The summed E-state index contributed by atoms with van der Waals surface area (Å²) in [6.45, 7) is 12.2. The molecule has 1 amide bonds. The minimum Gasteiger partial charge on any atom is -0.336 e. The number of rotatable bonds is 8. The number of carbonyl (C=O) groups is 1. The summed E-state index contributed by atoms with van der Waals surface area (Å²) < 4.78 is 40.8. The Bertz CT molecular complexity index is 698. The van der Waals surface area contributed by atoms with Gasteiger partial charge in [-0.15, -0.1) is 0 Å². The summed E-state index contributed by atoms with van der Waals surface area (Å²) in [5, 5.41) is 0. The third-order valence-corrected chi connectivity index (χ3v) is 6.00. The largest absolute Gasteiger partial charge is 0.336 e. The van der Waals surface area contributed by atoms with Gasteiger partial charge >= 0.3 is 0 Å². The van der Waals surface area contributed by atoms with Crippen LogP contribution in [0.3, 0.4) is 0 Å². The van der Waals surface area contributed by atoms with Gasteiger partial charge in [0.15, 0.2) is 0 Å². The average molecular weight is 373 g/mol. The summed E-state index contributed by atoms with van der Waals surface area (Å²) in [5.41, 5.74) is -0.206. The smallest absolute Gasteiger partial charge is 0.257 e. The predicted molar refractivity (Wildman–Crippen MR) is 97.5 cm³/mol. The molecule has 0 saturated carbocycles. The van der Waals surface area contributed by atoms with E-state index in [0.717, 1.165) is 12.1 Å². The van der Waals surface area contributed by atoms with Crippen LogP contribution in [-0.2, 0) is 10.0 Å². The normalized spacial score (nSPS) is 12.2. The second-order valence-corrected chi connectivity index (χ2v) is 8.61. The first-order valence-corrected chi connectivity index (χ1v) is 10.1. The Balaban J connectivity index is 3.36. The van der Waals surface area contributed by atoms with Gasteiger partial charge in [0.05, 0.1) is 10.5 Å². The molecular weight excluding hydrogens is 343 g/mol. The van der Waals surface area contributed by atoms with Crippen LogP contribution >= 0.6 is 0 Å². The molecule has 0 aromatic heterocycles. The molecule has 0 unspecified atom stereocenters. The minimum atomic E-state index is -3.75. The Morgan fingerprint density at radius 3 is 2.12 bits per heavy atom. The van der Waals surface area contributed by atoms with Gasteiger partial charge in [-0.2, -0.15) is 4.31 Å². The van der Waals surface area contributed by atoms with Crippen LogP contribution in [-0.4, -0.2) is 49.2 Å². The van der Waals surface area contributed by atoms with E-state index in [1.165, 1.54) is 10.4 Å². The van der Waals surface area contributed by atoms with Gasteiger partial charge in [0.1, 0.15) is 5.82 Å². The van der Waals surface area contributed by atoms with Crippen molar-refractivity contribution in [2.45, 2.75) is 52.5 Å². The lowest BCUT2D eigenvalue weighted by Gasteiger charge is -2.29. The van der Waals surface area contributed by atoms with Crippen molar-refractivity contribution in [2.75, 3.05) is 19.6 Å². The molecule has 0 atom stereocenters. The van der Waals surface area contributed by atoms with Crippen molar-refractivity contribution >= 4 is 15.9 Å². The molecule has 0 N–H and O–H groups in total. The number of amides is 1. The number of nitrogens with zero attached hydrogens (tertiary/aromatic N) is 2. The fourth-order valence-electron chi connectivity index (χ4n) is 2.62. The quantitative estimate of drug-likeness (QED) is 0.703. The first-order chi connectivity index (χ1) is 11.6. The first kappa shape index (κ1) is 21.6. The van der Waals surface area contributed by atoms with Crippen LogP contribution in [0.5, 0.6) is 0 Å². The second-order valence-electron chi connectivity index (χ2n) is 6.68. The Kier molecular flexibility index (Phi) is 7.56. The van der Waals surface area contributed by atoms with Crippen LogP contribution in [0.2, 0.25) is 0 Å². The van der Waals surface area contributed by atoms with Crippen LogP contribution in [0, 0.1) is 11.7 Å². The van der Waals surface area contributed by atoms with Gasteiger partial charge in [-0.25, -0.2) is 12.8 Å². The second kappa shape index (κ2) is 8.76. The molecule has 0 aliphatic heterocycles. The van der Waals surface area contributed by atoms with E-state index in [9.17, 15) is 17.6 Å². The SMILES string of the molecule is CCN(CC)S(=O)(=O)c1ccc(F)c(C(=O)N(CC(C)C)C(C)C)c1. The maximum atomic E-state index is 14.3. The topological polar surface area (TPSA) is 57.7 Å². The highest BCUT2D eigenvalue weighted by atomic mass is 32.2. The van der Waals surface area contributed by atoms with Crippen molar-refractivity contribution in [3.05, 3.63) is 29.6 Å². The molecule has 25 heavy (non-hydrogen) atoms. The fraction of sp³-hybridized carbons (Fsp3) is 0.611. The van der Waals surface area contributed by atoms with Crippen LogP contribution in [0.25, 0.3) is 0 Å². The van der Waals surface area contributed by atoms with Gasteiger partial charge in [0, 0.05) is 25.7 Å². The zero-order valence-corrected chi connectivity index (χ0v) is 16.7. The zero-order chi connectivity index (χ0) is 19.4. The molecular formula is C18H29FN2O3S. The lowest BCUT2D eigenvalue weighted by atomic mass is 10.1. The van der Waals surface area contributed by atoms with Gasteiger partial charge in [-0.3, -0.25) is 4.79 Å². The van der Waals surface area contributed by atoms with Crippen molar-refractivity contribution < 1.29 is 17.6 Å². The molecule has 1 aromatic carbocycles. The maximum absolute atomic E-state index is 14.3. The molecule has 0 fully saturated rings. The first-order valence-electron chi connectivity index (χ1n) is 8.66. The molecule has 5 nitrogen and oxygen atoms in total. The predicted octanol–water partition coefficient (Wildman–Crippen LogP) is 3.36. The molecule has 0 radical (unpaired) electrons. The number of halogens is 1. The van der Waals surface area contributed by atoms with E-state index in [1.54, 1.807) is 18.7 Å². The monoisotopic (exact) mass is 372 g/mol. The summed E-state index contributed by atoms with van der Waals surface area (Å²) in [6, 6.07) is 3.30. The minimum absolute atomic E-state index is 0.0609. The van der Waals surface area contributed by atoms with E-state index in [1.807, 2.05) is 27.7 Å². The summed E-state index contributed by atoms with van der Waals surface area (Å²) in [7, 11) is -3.75. The van der Waals surface area contributed by atoms with Crippen LogP contribution in [0.1, 0.15) is 51.9 Å². The van der Waals surface area contributed by atoms with Crippen molar-refractivity contribution in [3.63, 3.8) is 0 Å². The molecule has 1 rings (SSSR count). The number of hydrogen-bond donors (Lipinski definition) is 0. The van der Waals surface area contributed by atoms with E-state index in [2.05, 4.69) is 0 Å². The zero-order valence-electron chi connectivity index (χ0n) is 15.9. The van der Waals surface area contributed by atoms with E-state index in [-0.39, 0.29) is 22.4 Å². The van der Waals surface area contributed by atoms with Crippen molar-refractivity contribution in [1.29, 1.82) is 0 Å². The maximum Gasteiger partial charge on any atom is 0.257 e. The van der Waals surface area contributed by atoms with E-state index >= 15 is 0 Å². The van der Waals surface area contributed by atoms with Gasteiger partial charge in [0.2, 0.25) is 10.0 Å². The standard InChI is InChI=1S/C18H29FN2O3S/c1-7-20(8-2)25(23,24)15-9-10-17(19)16(11-15)18(22)21(14(5)6)12-13(3)4/h9-11,13-14H,7-8,12H2,1-6H3. The number of benzene rings is 1. The van der Waals surface area contributed by atoms with Crippen LogP contribution in [0.15, 0.2) is 23.1 Å². The Morgan fingerprint density at radius 2 is 1.68 bits per heavy atom. The summed E-state index contributed by atoms with van der Waals surface area (Å²) in [5.74, 6) is -0.979. The molecule has 0 bridgehead atoms. The van der Waals surface area contributed by atoms with Crippen molar-refractivity contribution in [2.24, 2.45) is 5.92 Å². The molecule has 0 saturated heterocycles. The molecule has 0 aliphatic carbocycles. The van der Waals surface area contributed by atoms with Crippen molar-refractivity contribution in [1.82, 2.24) is 9.21 Å². The Labute approximate surface area is 150 Å². The highest BCUT2D eigenvalue weighted by molar-refractivity contribution is 7.89. The van der Waals surface area contributed by atoms with E-state index in [0.29, 0.717) is 19.6 Å². The molecule has 7 heteroatoms. The Morgan fingerprint density at radius 1 is 1.12 bits per heavy atom. The summed E-state index contributed by atoms with van der Waals surface area (Å²) >= 11 is 0. The highest BCUT2D eigenvalue weighted by Gasteiger charge is 2.27. The average Bonchev–Trinajstić information content (AvgIpc) is 2.52. The van der Waals surface area contributed by atoms with Crippen LogP contribution in [0.4, 0.5) is 4.39 Å². The number of hydrogen-bond acceptors (Lipinski definition) is 3. The Hall–Kier alpha value is -1.47. The fourth-order valence-corrected chi connectivity index (χ4v) is 4.10. The third kappa shape index (κ3) is 5.01. The third-order valence-electron chi connectivity index (χ3n) is 3.96. The van der Waals surface area contributed by atoms with Crippen LogP contribution < -0.4 is 0 Å². The van der Waals surface area contributed by atoms with E-state index < -0.39 is 21.7 Å². The molecule has 0 spiro atoms. The summed E-state index contributed by atoms with van der Waals surface area (Å²) in [6.07, 6.45) is 0. The molecule has 142 valence electrons.